The highest BCUT2D eigenvalue weighted by atomic mass is 32.2. The molecule has 1 aromatic heterocycles. The van der Waals surface area contributed by atoms with Gasteiger partial charge in [-0.2, -0.15) is 10.5 Å². The second kappa shape index (κ2) is 12.4. The minimum atomic E-state index is -0.635. The quantitative estimate of drug-likeness (QED) is 0.442. The minimum Gasteiger partial charge on any atom is -0.370 e. The van der Waals surface area contributed by atoms with E-state index in [1.165, 1.54) is 30.4 Å². The van der Waals surface area contributed by atoms with Crippen LogP contribution in [-0.4, -0.2) is 21.5 Å². The van der Waals surface area contributed by atoms with E-state index in [2.05, 4.69) is 17.5 Å². The van der Waals surface area contributed by atoms with Crippen LogP contribution in [0.3, 0.4) is 0 Å². The number of primary amides is 1. The number of nitrogens with two attached hydrogens (primary N) is 1. The molecule has 0 spiro atoms. The number of hydrogen-bond donors (Lipinski definition) is 2. The monoisotopic (exact) mass is 517 g/mol. The third kappa shape index (κ3) is 6.78. The van der Waals surface area contributed by atoms with Crippen LogP contribution in [0, 0.1) is 22.7 Å². The molecule has 0 radical (unpaired) electrons. The van der Waals surface area contributed by atoms with Crippen LogP contribution in [0.5, 0.6) is 0 Å². The van der Waals surface area contributed by atoms with Gasteiger partial charge in [0.05, 0.1) is 15.9 Å². The third-order valence-electron chi connectivity index (χ3n) is 5.64. The van der Waals surface area contributed by atoms with E-state index in [-0.39, 0.29) is 12.3 Å². The van der Waals surface area contributed by atoms with E-state index in [1.54, 1.807) is 0 Å². The molecule has 1 heterocycles. The lowest BCUT2D eigenvalue weighted by molar-refractivity contribution is -0.119. The molecule has 1 aliphatic carbocycles. The zero-order chi connectivity index (χ0) is 26.1. The zero-order valence-corrected chi connectivity index (χ0v) is 21.8. The lowest BCUT2D eigenvalue weighted by Gasteiger charge is -2.29. The number of allylic oxidation sites excluding steroid dienone is 3. The van der Waals surface area contributed by atoms with E-state index in [4.69, 9.17) is 10.7 Å². The summed E-state index contributed by atoms with van der Waals surface area (Å²) in [5.74, 6) is 0.0706. The van der Waals surface area contributed by atoms with Crippen molar-refractivity contribution in [3.63, 3.8) is 0 Å². The Morgan fingerprint density at radius 2 is 1.78 bits per heavy atom. The van der Waals surface area contributed by atoms with E-state index in [1.807, 2.05) is 55.5 Å². The first-order chi connectivity index (χ1) is 17.3. The van der Waals surface area contributed by atoms with E-state index in [0.29, 0.717) is 51.9 Å². The molecular weight excluding hydrogens is 490 g/mol. The number of hydrogen-bond acceptors (Lipinski definition) is 7. The Kier molecular flexibility index (Phi) is 9.35. The number of carbonyl (C=O) groups excluding carboxylic acids is 2. The van der Waals surface area contributed by atoms with Crippen molar-refractivity contribution in [3.05, 3.63) is 76.4 Å². The molecule has 9 heteroatoms. The van der Waals surface area contributed by atoms with Crippen molar-refractivity contribution in [2.45, 2.75) is 60.2 Å². The Hall–Kier alpha value is -3.53. The maximum absolute atomic E-state index is 11.9. The molecule has 1 atom stereocenters. The van der Waals surface area contributed by atoms with Gasteiger partial charge < -0.3 is 11.1 Å². The minimum absolute atomic E-state index is 0.0803. The Labute approximate surface area is 219 Å². The number of nitrogens with zero attached hydrogens (tertiary/aromatic N) is 3. The standard InChI is InChI=1S/C27H27N5O2S2/c1-3-21-22(14-28)25(35-17-20-9-7-19(8-10-20)16-31-18(2)33)32-26(23(21)15-29)36-27(13-24(30)34)11-5-4-6-12-27/h4-11H,3,12-13,16-17H2,1-2H3,(H2,30,34)(H,31,33). The molecule has 2 amide bonds. The van der Waals surface area contributed by atoms with Crippen LogP contribution in [0.15, 0.2) is 58.6 Å². The summed E-state index contributed by atoms with van der Waals surface area (Å²) >= 11 is 2.79. The molecule has 3 N–H and O–H groups in total. The molecule has 2 aromatic rings. The van der Waals surface area contributed by atoms with Crippen LogP contribution in [0.25, 0.3) is 0 Å². The molecule has 36 heavy (non-hydrogen) atoms. The maximum Gasteiger partial charge on any atom is 0.219 e. The number of benzene rings is 1. The zero-order valence-electron chi connectivity index (χ0n) is 20.2. The van der Waals surface area contributed by atoms with E-state index in [0.717, 1.165) is 11.1 Å². The summed E-state index contributed by atoms with van der Waals surface area (Å²) < 4.78 is -0.635. The summed E-state index contributed by atoms with van der Waals surface area (Å²) in [6.45, 7) is 3.86. The van der Waals surface area contributed by atoms with Crippen LogP contribution >= 0.6 is 23.5 Å². The number of nitrogens with one attached hydrogen (secondary N) is 1. The smallest absolute Gasteiger partial charge is 0.219 e. The molecule has 0 fully saturated rings. The normalized spacial score (nSPS) is 16.2. The van der Waals surface area contributed by atoms with Crippen LogP contribution in [0.4, 0.5) is 0 Å². The van der Waals surface area contributed by atoms with Gasteiger partial charge in [0.25, 0.3) is 0 Å². The molecular formula is C27H27N5O2S2. The summed E-state index contributed by atoms with van der Waals surface area (Å²) in [5.41, 5.74) is 9.04. The van der Waals surface area contributed by atoms with Crippen LogP contribution < -0.4 is 11.1 Å². The number of rotatable bonds is 10. The topological polar surface area (TPSA) is 133 Å². The van der Waals surface area contributed by atoms with Crippen molar-refractivity contribution in [2.24, 2.45) is 5.73 Å². The highest BCUT2D eigenvalue weighted by molar-refractivity contribution is 8.01. The van der Waals surface area contributed by atoms with Gasteiger partial charge in [-0.3, -0.25) is 9.59 Å². The summed E-state index contributed by atoms with van der Waals surface area (Å²) in [4.78, 5) is 27.8. The van der Waals surface area contributed by atoms with Gasteiger partial charge in [0.1, 0.15) is 22.2 Å². The molecule has 184 valence electrons. The largest absolute Gasteiger partial charge is 0.370 e. The van der Waals surface area contributed by atoms with Crippen molar-refractivity contribution >= 4 is 35.3 Å². The Morgan fingerprint density at radius 3 is 2.33 bits per heavy atom. The van der Waals surface area contributed by atoms with Gasteiger partial charge in [-0.15, -0.1) is 11.8 Å². The highest BCUT2D eigenvalue weighted by Gasteiger charge is 2.33. The van der Waals surface area contributed by atoms with Gasteiger partial charge in [-0.25, -0.2) is 4.98 Å². The first kappa shape index (κ1) is 27.1. The fourth-order valence-corrected chi connectivity index (χ4v) is 6.21. The number of aromatic nitrogens is 1. The molecule has 0 bridgehead atoms. The molecule has 1 aliphatic rings. The Balaban J connectivity index is 1.93. The van der Waals surface area contributed by atoms with E-state index < -0.39 is 10.7 Å². The molecule has 0 aliphatic heterocycles. The second-order valence-corrected chi connectivity index (χ2v) is 10.7. The molecule has 0 saturated heterocycles. The van der Waals surface area contributed by atoms with Gasteiger partial charge in [0, 0.05) is 25.6 Å². The third-order valence-corrected chi connectivity index (χ3v) is 8.02. The van der Waals surface area contributed by atoms with Crippen molar-refractivity contribution in [2.75, 3.05) is 0 Å². The number of pyridine rings is 1. The van der Waals surface area contributed by atoms with Gasteiger partial charge in [0.15, 0.2) is 0 Å². The van der Waals surface area contributed by atoms with E-state index >= 15 is 0 Å². The maximum atomic E-state index is 11.9. The number of carbonyl (C=O) groups is 2. The summed E-state index contributed by atoms with van der Waals surface area (Å²) in [5, 5.41) is 23.7. The second-order valence-electron chi connectivity index (χ2n) is 8.34. The number of thioether (sulfide) groups is 2. The Morgan fingerprint density at radius 1 is 1.11 bits per heavy atom. The molecule has 3 rings (SSSR count). The molecule has 1 aromatic carbocycles. The summed E-state index contributed by atoms with van der Waals surface area (Å²) in [6.07, 6.45) is 8.89. The average Bonchev–Trinajstić information content (AvgIpc) is 2.86. The molecule has 7 nitrogen and oxygen atoms in total. The summed E-state index contributed by atoms with van der Waals surface area (Å²) in [6, 6.07) is 12.4. The first-order valence-corrected chi connectivity index (χ1v) is 13.2. The summed E-state index contributed by atoms with van der Waals surface area (Å²) in [7, 11) is 0. The van der Waals surface area contributed by atoms with Gasteiger partial charge in [0.2, 0.25) is 11.8 Å². The van der Waals surface area contributed by atoms with Crippen LogP contribution in [-0.2, 0) is 28.3 Å². The first-order valence-electron chi connectivity index (χ1n) is 11.4. The number of amides is 2. The van der Waals surface area contributed by atoms with Gasteiger partial charge in [-0.05, 0) is 29.5 Å². The van der Waals surface area contributed by atoms with Gasteiger partial charge in [-0.1, -0.05) is 67.3 Å². The number of nitriles is 2. The van der Waals surface area contributed by atoms with Crippen LogP contribution in [0.2, 0.25) is 0 Å². The highest BCUT2D eigenvalue weighted by Crippen LogP contribution is 2.44. The van der Waals surface area contributed by atoms with Crippen molar-refractivity contribution in [1.82, 2.24) is 10.3 Å². The fraction of sp³-hybridized carbons (Fsp3) is 0.296. The van der Waals surface area contributed by atoms with Gasteiger partial charge >= 0.3 is 0 Å². The predicted molar refractivity (Wildman–Crippen MR) is 142 cm³/mol. The Bertz CT molecular complexity index is 1290. The van der Waals surface area contributed by atoms with E-state index in [9.17, 15) is 20.1 Å². The lowest BCUT2D eigenvalue weighted by atomic mass is 9.96. The van der Waals surface area contributed by atoms with Crippen molar-refractivity contribution in [3.8, 4) is 12.1 Å². The lowest BCUT2D eigenvalue weighted by Crippen LogP contribution is -2.30. The predicted octanol–water partition coefficient (Wildman–Crippen LogP) is 4.54. The van der Waals surface area contributed by atoms with Crippen molar-refractivity contribution in [1.29, 1.82) is 10.5 Å². The molecule has 0 saturated carbocycles. The SMILES string of the molecule is CCc1c(C#N)c(SCc2ccc(CNC(C)=O)cc2)nc(SC2(CC(N)=O)C=CC=CC2)c1C#N. The van der Waals surface area contributed by atoms with Crippen LogP contribution in [0.1, 0.15) is 54.5 Å². The van der Waals surface area contributed by atoms with Crippen molar-refractivity contribution < 1.29 is 9.59 Å². The molecule has 1 unspecified atom stereocenters. The average molecular weight is 518 g/mol. The fourth-order valence-electron chi connectivity index (χ4n) is 3.86.